The van der Waals surface area contributed by atoms with Crippen LogP contribution in [0.2, 0.25) is 0 Å². The molecule has 0 unspecified atom stereocenters. The molecule has 0 aliphatic carbocycles. The van der Waals surface area contributed by atoms with Crippen molar-refractivity contribution < 1.29 is 4.74 Å². The van der Waals surface area contributed by atoms with Gasteiger partial charge in [0.1, 0.15) is 0 Å². The third-order valence-corrected chi connectivity index (χ3v) is 5.40. The van der Waals surface area contributed by atoms with Crippen molar-refractivity contribution in [3.05, 3.63) is 15.9 Å². The molecule has 0 N–H and O–H groups in total. The van der Waals surface area contributed by atoms with Crippen molar-refractivity contribution in [1.29, 1.82) is 5.26 Å². The van der Waals surface area contributed by atoms with Gasteiger partial charge < -0.3 is 9.30 Å². The van der Waals surface area contributed by atoms with Gasteiger partial charge in [-0.25, -0.2) is 0 Å². The standard InChI is InChI=1S/C15H22N4OS2/c1-15(2,3)12-9-19(8-11-6-5-7-20-11)14(22-12)18-13(21-4)17-10-16/h9,11H,5-8H2,1-4H3/b17-13?,18-14-/t11-/m1/s1. The fourth-order valence-electron chi connectivity index (χ4n) is 2.19. The van der Waals surface area contributed by atoms with E-state index in [2.05, 4.69) is 41.5 Å². The van der Waals surface area contributed by atoms with Crippen LogP contribution in [0, 0.1) is 11.5 Å². The van der Waals surface area contributed by atoms with E-state index in [1.807, 2.05) is 12.4 Å². The Bertz CT molecular complexity index is 640. The summed E-state index contributed by atoms with van der Waals surface area (Å²) in [6, 6.07) is 0. The van der Waals surface area contributed by atoms with Crippen LogP contribution < -0.4 is 4.80 Å². The van der Waals surface area contributed by atoms with E-state index in [-0.39, 0.29) is 11.5 Å². The molecule has 0 amide bonds. The summed E-state index contributed by atoms with van der Waals surface area (Å²) < 4.78 is 7.88. The SMILES string of the molecule is CSC(=NC#N)/N=c1\sc(C(C)(C)C)cn1C[C@H]1CCCO1. The Hall–Kier alpha value is -1.10. The van der Waals surface area contributed by atoms with Gasteiger partial charge in [0, 0.05) is 17.7 Å². The molecule has 1 aliphatic heterocycles. The lowest BCUT2D eigenvalue weighted by Gasteiger charge is -2.15. The summed E-state index contributed by atoms with van der Waals surface area (Å²) in [4.78, 5) is 10.5. The summed E-state index contributed by atoms with van der Waals surface area (Å²) in [5, 5.41) is 9.24. The second-order valence-electron chi connectivity index (χ2n) is 6.23. The number of amidine groups is 1. The molecule has 0 radical (unpaired) electrons. The number of thioether (sulfide) groups is 1. The van der Waals surface area contributed by atoms with Gasteiger partial charge in [0.2, 0.25) is 11.4 Å². The molecule has 120 valence electrons. The maximum atomic E-state index is 8.75. The Morgan fingerprint density at radius 3 is 2.91 bits per heavy atom. The highest BCUT2D eigenvalue weighted by atomic mass is 32.2. The zero-order valence-corrected chi connectivity index (χ0v) is 15.1. The van der Waals surface area contributed by atoms with Crippen LogP contribution in [0.4, 0.5) is 0 Å². The van der Waals surface area contributed by atoms with Crippen molar-refractivity contribution in [2.24, 2.45) is 9.98 Å². The highest BCUT2D eigenvalue weighted by Crippen LogP contribution is 2.25. The van der Waals surface area contributed by atoms with E-state index in [0.717, 1.165) is 30.8 Å². The molecule has 2 heterocycles. The summed E-state index contributed by atoms with van der Waals surface area (Å²) in [5.74, 6) is 0. The lowest BCUT2D eigenvalue weighted by Crippen LogP contribution is -2.23. The molecule has 1 saturated heterocycles. The third-order valence-electron chi connectivity index (χ3n) is 3.40. The van der Waals surface area contributed by atoms with Crippen molar-refractivity contribution in [2.45, 2.75) is 51.7 Å². The summed E-state index contributed by atoms with van der Waals surface area (Å²) in [6.45, 7) is 8.23. The molecular weight excluding hydrogens is 316 g/mol. The molecule has 2 rings (SSSR count). The monoisotopic (exact) mass is 338 g/mol. The summed E-state index contributed by atoms with van der Waals surface area (Å²) >= 11 is 3.04. The molecule has 0 saturated carbocycles. The van der Waals surface area contributed by atoms with Crippen molar-refractivity contribution in [1.82, 2.24) is 4.57 Å². The van der Waals surface area contributed by atoms with Crippen molar-refractivity contribution >= 4 is 28.3 Å². The molecule has 1 aromatic rings. The Morgan fingerprint density at radius 2 is 2.36 bits per heavy atom. The van der Waals surface area contributed by atoms with Gasteiger partial charge in [-0.2, -0.15) is 10.3 Å². The maximum absolute atomic E-state index is 8.75. The van der Waals surface area contributed by atoms with Crippen LogP contribution in [0.15, 0.2) is 16.2 Å². The van der Waals surface area contributed by atoms with Gasteiger partial charge in [0.25, 0.3) is 0 Å². The van der Waals surface area contributed by atoms with Gasteiger partial charge in [0.15, 0.2) is 4.80 Å². The Balaban J connectivity index is 2.41. The average molecular weight is 339 g/mol. The number of nitrogens with zero attached hydrogens (tertiary/aromatic N) is 4. The van der Waals surface area contributed by atoms with E-state index in [1.54, 1.807) is 11.3 Å². The Kier molecular flexibility index (Phi) is 5.84. The van der Waals surface area contributed by atoms with Crippen molar-refractivity contribution in [3.63, 3.8) is 0 Å². The van der Waals surface area contributed by atoms with Crippen molar-refractivity contribution in [3.8, 4) is 6.19 Å². The predicted octanol–water partition coefficient (Wildman–Crippen LogP) is 3.13. The van der Waals surface area contributed by atoms with E-state index in [4.69, 9.17) is 10.00 Å². The normalized spacial score (nSPS) is 20.4. The Labute approximate surface area is 139 Å². The number of nitriles is 1. The molecule has 1 fully saturated rings. The first-order valence-corrected chi connectivity index (χ1v) is 9.36. The lowest BCUT2D eigenvalue weighted by atomic mass is 9.95. The Morgan fingerprint density at radius 1 is 1.59 bits per heavy atom. The molecule has 1 atom stereocenters. The predicted molar refractivity (Wildman–Crippen MR) is 92.1 cm³/mol. The number of thiazole rings is 1. The number of aromatic nitrogens is 1. The first kappa shape index (κ1) is 17.3. The average Bonchev–Trinajstić information content (AvgIpc) is 3.08. The summed E-state index contributed by atoms with van der Waals surface area (Å²) in [7, 11) is 0. The van der Waals surface area contributed by atoms with E-state index >= 15 is 0 Å². The largest absolute Gasteiger partial charge is 0.376 e. The van der Waals surface area contributed by atoms with Gasteiger partial charge in [0.05, 0.1) is 12.6 Å². The minimum absolute atomic E-state index is 0.0720. The number of aliphatic imine (C=N–C) groups is 1. The van der Waals surface area contributed by atoms with E-state index in [0.29, 0.717) is 5.17 Å². The molecule has 0 bridgehead atoms. The second kappa shape index (κ2) is 7.44. The fourth-order valence-corrected chi connectivity index (χ4v) is 3.62. The second-order valence-corrected chi connectivity index (χ2v) is 8.01. The maximum Gasteiger partial charge on any atom is 0.208 e. The van der Waals surface area contributed by atoms with E-state index < -0.39 is 0 Å². The van der Waals surface area contributed by atoms with Crippen LogP contribution in [0.3, 0.4) is 0 Å². The number of hydrogen-bond acceptors (Lipinski definition) is 5. The zero-order valence-electron chi connectivity index (χ0n) is 13.5. The molecule has 0 aromatic carbocycles. The van der Waals surface area contributed by atoms with Crippen LogP contribution in [0.25, 0.3) is 0 Å². The minimum atomic E-state index is 0.0720. The van der Waals surface area contributed by atoms with Gasteiger partial charge in [-0.15, -0.1) is 16.3 Å². The van der Waals surface area contributed by atoms with Crippen LogP contribution in [-0.4, -0.2) is 28.7 Å². The number of rotatable bonds is 2. The lowest BCUT2D eigenvalue weighted by molar-refractivity contribution is 0.0963. The van der Waals surface area contributed by atoms with Gasteiger partial charge >= 0.3 is 0 Å². The zero-order chi connectivity index (χ0) is 16.2. The van der Waals surface area contributed by atoms with Crippen LogP contribution in [0.1, 0.15) is 38.5 Å². The smallest absolute Gasteiger partial charge is 0.208 e. The van der Waals surface area contributed by atoms with Gasteiger partial charge in [-0.3, -0.25) is 0 Å². The van der Waals surface area contributed by atoms with Gasteiger partial charge in [-0.1, -0.05) is 32.5 Å². The molecule has 22 heavy (non-hydrogen) atoms. The quantitative estimate of drug-likeness (QED) is 0.473. The van der Waals surface area contributed by atoms with Gasteiger partial charge in [-0.05, 0) is 24.5 Å². The highest BCUT2D eigenvalue weighted by molar-refractivity contribution is 8.13. The molecule has 1 aromatic heterocycles. The third kappa shape index (κ3) is 4.45. The summed E-state index contributed by atoms with van der Waals surface area (Å²) in [5.41, 5.74) is 0.0720. The summed E-state index contributed by atoms with van der Waals surface area (Å²) in [6.07, 6.45) is 8.33. The first-order chi connectivity index (χ1) is 10.4. The van der Waals surface area contributed by atoms with Crippen molar-refractivity contribution in [2.75, 3.05) is 12.9 Å². The molecule has 1 aliphatic rings. The first-order valence-electron chi connectivity index (χ1n) is 7.32. The van der Waals surface area contributed by atoms with Crippen LogP contribution in [0.5, 0.6) is 0 Å². The number of ether oxygens (including phenoxy) is 1. The van der Waals surface area contributed by atoms with Crippen LogP contribution in [-0.2, 0) is 16.7 Å². The molecule has 5 nitrogen and oxygen atoms in total. The molecular formula is C15H22N4OS2. The minimum Gasteiger partial charge on any atom is -0.376 e. The van der Waals surface area contributed by atoms with E-state index in [9.17, 15) is 0 Å². The fraction of sp³-hybridized carbons (Fsp3) is 0.667. The molecule has 7 heteroatoms. The highest BCUT2D eigenvalue weighted by Gasteiger charge is 2.21. The molecule has 0 spiro atoms. The topological polar surface area (TPSA) is 62.7 Å². The van der Waals surface area contributed by atoms with E-state index in [1.165, 1.54) is 16.6 Å². The number of hydrogen-bond donors (Lipinski definition) is 0. The van der Waals surface area contributed by atoms with Crippen LogP contribution >= 0.6 is 23.1 Å².